The van der Waals surface area contributed by atoms with Gasteiger partial charge in [-0.15, -0.1) is 0 Å². The molecule has 3 aromatic carbocycles. The first-order chi connectivity index (χ1) is 14.9. The quantitative estimate of drug-likeness (QED) is 0.538. The van der Waals surface area contributed by atoms with E-state index in [1.54, 1.807) is 18.2 Å². The van der Waals surface area contributed by atoms with Gasteiger partial charge in [-0.1, -0.05) is 71.2 Å². The molecule has 0 aliphatic carbocycles. The zero-order valence-electron chi connectivity index (χ0n) is 16.8. The molecule has 3 aromatic rings. The molecule has 2 amide bonds. The maximum absolute atomic E-state index is 13.8. The van der Waals surface area contributed by atoms with Crippen LogP contribution in [0.1, 0.15) is 40.6 Å². The summed E-state index contributed by atoms with van der Waals surface area (Å²) in [5.41, 5.74) is 3.28. The topological polar surface area (TPSA) is 58.2 Å². The maximum Gasteiger partial charge on any atom is 0.238 e. The average Bonchev–Trinajstić information content (AvgIpc) is 3.01. The molecular formula is C25H20Cl2N2O2. The number of nitrogens with one attached hydrogen (secondary N) is 2. The molecule has 0 radical (unpaired) electrons. The first-order valence-electron chi connectivity index (χ1n) is 10.1. The lowest BCUT2D eigenvalue weighted by Gasteiger charge is -2.46. The Balaban J connectivity index is 1.81. The second kappa shape index (κ2) is 7.40. The van der Waals surface area contributed by atoms with Crippen molar-refractivity contribution in [2.24, 2.45) is 0 Å². The lowest BCUT2D eigenvalue weighted by Crippen LogP contribution is -2.56. The highest BCUT2D eigenvalue weighted by Gasteiger charge is 2.61. The van der Waals surface area contributed by atoms with E-state index in [9.17, 15) is 9.59 Å². The standard InChI is InChI=1S/C25H20Cl2N2O2/c1-14-4-2-6-16(10-14)23-25(19-9-8-18(27)12-21(19)28-24(25)31)20(13-22(30)29-23)15-5-3-7-17(26)11-15/h2-12,20,23H,13H2,1H3,(H,28,31)(H,29,30)/t20-,23+,25-/m0/s1. The van der Waals surface area contributed by atoms with E-state index >= 15 is 0 Å². The van der Waals surface area contributed by atoms with Gasteiger partial charge in [-0.05, 0) is 47.9 Å². The molecule has 1 fully saturated rings. The molecule has 1 saturated heterocycles. The van der Waals surface area contributed by atoms with E-state index in [4.69, 9.17) is 23.2 Å². The number of rotatable bonds is 2. The molecule has 0 saturated carbocycles. The van der Waals surface area contributed by atoms with Gasteiger partial charge in [-0.3, -0.25) is 9.59 Å². The summed E-state index contributed by atoms with van der Waals surface area (Å²) in [5, 5.41) is 7.28. The Morgan fingerprint density at radius 2 is 1.65 bits per heavy atom. The van der Waals surface area contributed by atoms with Gasteiger partial charge in [0.1, 0.15) is 5.41 Å². The van der Waals surface area contributed by atoms with Gasteiger partial charge >= 0.3 is 0 Å². The normalized spacial score (nSPS) is 24.6. The zero-order chi connectivity index (χ0) is 21.8. The second-order valence-corrected chi connectivity index (χ2v) is 9.11. The molecule has 1 spiro atoms. The second-order valence-electron chi connectivity index (χ2n) is 8.24. The van der Waals surface area contributed by atoms with Gasteiger partial charge < -0.3 is 10.6 Å². The van der Waals surface area contributed by atoms with Crippen molar-refractivity contribution in [2.45, 2.75) is 30.7 Å². The summed E-state index contributed by atoms with van der Waals surface area (Å²) in [7, 11) is 0. The van der Waals surface area contributed by atoms with Crippen LogP contribution in [0.25, 0.3) is 0 Å². The Kier molecular flexibility index (Phi) is 4.80. The van der Waals surface area contributed by atoms with Crippen LogP contribution in [0, 0.1) is 6.92 Å². The number of aryl methyl sites for hydroxylation is 1. The maximum atomic E-state index is 13.8. The van der Waals surface area contributed by atoms with E-state index in [2.05, 4.69) is 10.6 Å². The van der Waals surface area contributed by atoms with Crippen LogP contribution in [0.4, 0.5) is 5.69 Å². The van der Waals surface area contributed by atoms with E-state index in [1.807, 2.05) is 55.5 Å². The lowest BCUT2D eigenvalue weighted by molar-refractivity contribution is -0.131. The van der Waals surface area contributed by atoms with Crippen molar-refractivity contribution in [3.8, 4) is 0 Å². The van der Waals surface area contributed by atoms with Crippen molar-refractivity contribution in [3.63, 3.8) is 0 Å². The fourth-order valence-corrected chi connectivity index (χ4v) is 5.51. The predicted octanol–water partition coefficient (Wildman–Crippen LogP) is 5.54. The lowest BCUT2D eigenvalue weighted by atomic mass is 9.59. The molecule has 0 unspecified atom stereocenters. The fraction of sp³-hybridized carbons (Fsp3) is 0.200. The van der Waals surface area contributed by atoms with Gasteiger partial charge in [-0.2, -0.15) is 0 Å². The predicted molar refractivity (Wildman–Crippen MR) is 123 cm³/mol. The molecule has 2 heterocycles. The largest absolute Gasteiger partial charge is 0.348 e. The van der Waals surface area contributed by atoms with Crippen molar-refractivity contribution < 1.29 is 9.59 Å². The van der Waals surface area contributed by atoms with Crippen LogP contribution >= 0.6 is 23.2 Å². The SMILES string of the molecule is Cc1cccc([C@H]2NC(=O)C[C@@H](c3cccc(Cl)c3)[C@]23C(=O)Nc2cc(Cl)ccc23)c1. The number of carbonyl (C=O) groups is 2. The fourth-order valence-electron chi connectivity index (χ4n) is 5.14. The number of amides is 2. The molecular weight excluding hydrogens is 431 g/mol. The summed E-state index contributed by atoms with van der Waals surface area (Å²) in [5.74, 6) is -0.647. The highest BCUT2D eigenvalue weighted by atomic mass is 35.5. The number of anilines is 1. The molecule has 2 N–H and O–H groups in total. The molecule has 5 rings (SSSR count). The van der Waals surface area contributed by atoms with Gasteiger partial charge in [0.2, 0.25) is 11.8 Å². The summed E-state index contributed by atoms with van der Waals surface area (Å²) in [6.07, 6.45) is 0.179. The monoisotopic (exact) mass is 450 g/mol. The van der Waals surface area contributed by atoms with Gasteiger partial charge in [0.15, 0.2) is 0 Å². The zero-order valence-corrected chi connectivity index (χ0v) is 18.3. The molecule has 4 nitrogen and oxygen atoms in total. The minimum absolute atomic E-state index is 0.0997. The van der Waals surface area contributed by atoms with Crippen LogP contribution in [-0.4, -0.2) is 11.8 Å². The number of benzene rings is 3. The van der Waals surface area contributed by atoms with Crippen LogP contribution in [0.15, 0.2) is 66.7 Å². The van der Waals surface area contributed by atoms with Crippen molar-refractivity contribution in [1.29, 1.82) is 0 Å². The molecule has 6 heteroatoms. The average molecular weight is 451 g/mol. The Morgan fingerprint density at radius 3 is 2.42 bits per heavy atom. The third kappa shape index (κ3) is 3.13. The highest BCUT2D eigenvalue weighted by Crippen LogP contribution is 2.57. The minimum atomic E-state index is -1.04. The van der Waals surface area contributed by atoms with Crippen LogP contribution in [0.2, 0.25) is 10.0 Å². The van der Waals surface area contributed by atoms with E-state index in [0.717, 1.165) is 22.3 Å². The van der Waals surface area contributed by atoms with E-state index in [0.29, 0.717) is 15.7 Å². The van der Waals surface area contributed by atoms with Crippen molar-refractivity contribution in [1.82, 2.24) is 5.32 Å². The van der Waals surface area contributed by atoms with Crippen LogP contribution < -0.4 is 10.6 Å². The van der Waals surface area contributed by atoms with Crippen molar-refractivity contribution >= 4 is 40.7 Å². The van der Waals surface area contributed by atoms with E-state index in [1.165, 1.54) is 0 Å². The molecule has 31 heavy (non-hydrogen) atoms. The van der Waals surface area contributed by atoms with Gasteiger partial charge in [0, 0.05) is 28.1 Å². The molecule has 2 aliphatic heterocycles. The minimum Gasteiger partial charge on any atom is -0.348 e. The third-order valence-electron chi connectivity index (χ3n) is 6.38. The Bertz CT molecular complexity index is 1170. The Labute approximate surface area is 190 Å². The number of carbonyl (C=O) groups excluding carboxylic acids is 2. The number of halogens is 2. The molecule has 0 bridgehead atoms. The first-order valence-corrected chi connectivity index (χ1v) is 10.9. The molecule has 3 atom stereocenters. The molecule has 0 aromatic heterocycles. The van der Waals surface area contributed by atoms with Gasteiger partial charge in [0.25, 0.3) is 0 Å². The number of hydrogen-bond acceptors (Lipinski definition) is 2. The van der Waals surface area contributed by atoms with E-state index in [-0.39, 0.29) is 18.2 Å². The van der Waals surface area contributed by atoms with Crippen LogP contribution in [0.5, 0.6) is 0 Å². The molecule has 2 aliphatic rings. The van der Waals surface area contributed by atoms with Gasteiger partial charge in [-0.25, -0.2) is 0 Å². The number of fused-ring (bicyclic) bond motifs is 2. The van der Waals surface area contributed by atoms with Crippen LogP contribution in [0.3, 0.4) is 0 Å². The molecule has 156 valence electrons. The van der Waals surface area contributed by atoms with Crippen LogP contribution in [-0.2, 0) is 15.0 Å². The van der Waals surface area contributed by atoms with Crippen molar-refractivity contribution in [3.05, 3.63) is 99.0 Å². The summed E-state index contributed by atoms with van der Waals surface area (Å²) >= 11 is 12.5. The van der Waals surface area contributed by atoms with E-state index < -0.39 is 17.4 Å². The highest BCUT2D eigenvalue weighted by molar-refractivity contribution is 6.31. The Hall–Kier alpha value is -2.82. The summed E-state index contributed by atoms with van der Waals surface area (Å²) < 4.78 is 0. The summed E-state index contributed by atoms with van der Waals surface area (Å²) in [4.78, 5) is 26.7. The third-order valence-corrected chi connectivity index (χ3v) is 6.85. The van der Waals surface area contributed by atoms with Gasteiger partial charge in [0.05, 0.1) is 6.04 Å². The summed E-state index contributed by atoms with van der Waals surface area (Å²) in [6, 6.07) is 20.3. The first kappa shape index (κ1) is 20.1. The smallest absolute Gasteiger partial charge is 0.238 e. The Morgan fingerprint density at radius 1 is 0.903 bits per heavy atom. The number of piperidine rings is 1. The number of hydrogen-bond donors (Lipinski definition) is 2. The van der Waals surface area contributed by atoms with Crippen molar-refractivity contribution in [2.75, 3.05) is 5.32 Å². The summed E-state index contributed by atoms with van der Waals surface area (Å²) in [6.45, 7) is 2.00.